The molecule has 6 nitrogen and oxygen atoms in total. The van der Waals surface area contributed by atoms with Crippen LogP contribution >= 0.6 is 0 Å². The predicted octanol–water partition coefficient (Wildman–Crippen LogP) is 2.72. The van der Waals surface area contributed by atoms with Crippen LogP contribution in [0, 0.1) is 23.7 Å². The van der Waals surface area contributed by atoms with Crippen molar-refractivity contribution in [3.05, 3.63) is 53.9 Å². The van der Waals surface area contributed by atoms with Gasteiger partial charge in [-0.05, 0) is 12.1 Å². The van der Waals surface area contributed by atoms with Gasteiger partial charge >= 0.3 is 5.97 Å². The Morgan fingerprint density at radius 2 is 2.19 bits per heavy atom. The van der Waals surface area contributed by atoms with Gasteiger partial charge in [0.15, 0.2) is 0 Å². The van der Waals surface area contributed by atoms with E-state index in [1.54, 1.807) is 6.07 Å². The van der Waals surface area contributed by atoms with Gasteiger partial charge in [-0.25, -0.2) is 9.78 Å². The Kier molecular flexibility index (Phi) is 4.45. The maximum Gasteiger partial charge on any atom is 0.356 e. The van der Waals surface area contributed by atoms with Gasteiger partial charge in [0.2, 0.25) is 0 Å². The van der Waals surface area contributed by atoms with Gasteiger partial charge in [-0.3, -0.25) is 0 Å². The molecule has 3 rings (SSSR count). The minimum Gasteiger partial charge on any atom is -0.464 e. The number of hydrogen-bond donors (Lipinski definition) is 1. The first-order valence-electron chi connectivity index (χ1n) is 7.74. The molecule has 1 atom stereocenters. The standard InChI is InChI=1S/C20H15N3O3/c1-4-9-23-16-8-6-5-7-13(16)14-10-15(20(25)26-3)22-17(18(14)23)19(24)12(2)11-21/h1,5-8,10,19,24H,2,9H2,3H3. The zero-order chi connectivity index (χ0) is 18.8. The first kappa shape index (κ1) is 17.2. The Morgan fingerprint density at radius 1 is 1.46 bits per heavy atom. The van der Waals surface area contributed by atoms with Crippen molar-refractivity contribution in [2.75, 3.05) is 7.11 Å². The third-order valence-electron chi connectivity index (χ3n) is 4.15. The van der Waals surface area contributed by atoms with Gasteiger partial charge < -0.3 is 14.4 Å². The summed E-state index contributed by atoms with van der Waals surface area (Å²) < 4.78 is 6.58. The molecule has 128 valence electrons. The fraction of sp³-hybridized carbons (Fsp3) is 0.150. The molecule has 0 saturated carbocycles. The lowest BCUT2D eigenvalue weighted by Crippen LogP contribution is -2.12. The Hall–Kier alpha value is -3.61. The highest BCUT2D eigenvalue weighted by Crippen LogP contribution is 2.35. The number of benzene rings is 1. The highest BCUT2D eigenvalue weighted by Gasteiger charge is 2.24. The number of nitriles is 1. The molecule has 2 heterocycles. The van der Waals surface area contributed by atoms with Crippen molar-refractivity contribution in [1.82, 2.24) is 9.55 Å². The van der Waals surface area contributed by atoms with E-state index in [4.69, 9.17) is 16.4 Å². The number of aliphatic hydroxyl groups excluding tert-OH is 1. The lowest BCUT2D eigenvalue weighted by molar-refractivity contribution is 0.0593. The van der Waals surface area contributed by atoms with Crippen molar-refractivity contribution in [3.8, 4) is 18.4 Å². The lowest BCUT2D eigenvalue weighted by Gasteiger charge is -2.13. The van der Waals surface area contributed by atoms with Gasteiger partial charge in [0.1, 0.15) is 11.8 Å². The van der Waals surface area contributed by atoms with E-state index in [2.05, 4.69) is 17.5 Å². The van der Waals surface area contributed by atoms with Crippen LogP contribution in [0.1, 0.15) is 22.3 Å². The third-order valence-corrected chi connectivity index (χ3v) is 4.15. The number of esters is 1. The number of carbonyl (C=O) groups excluding carboxylic acids is 1. The summed E-state index contributed by atoms with van der Waals surface area (Å²) in [6.45, 7) is 3.80. The smallest absolute Gasteiger partial charge is 0.356 e. The minimum atomic E-state index is -1.37. The van der Waals surface area contributed by atoms with Crippen molar-refractivity contribution in [1.29, 1.82) is 5.26 Å². The van der Waals surface area contributed by atoms with Crippen LogP contribution < -0.4 is 0 Å². The summed E-state index contributed by atoms with van der Waals surface area (Å²) in [6, 6.07) is 10.9. The van der Waals surface area contributed by atoms with Gasteiger partial charge in [-0.1, -0.05) is 30.7 Å². The van der Waals surface area contributed by atoms with Gasteiger partial charge in [0.25, 0.3) is 0 Å². The van der Waals surface area contributed by atoms with Crippen molar-refractivity contribution in [2.24, 2.45) is 0 Å². The second kappa shape index (κ2) is 6.72. The van der Waals surface area contributed by atoms with Crippen LogP contribution in [0.4, 0.5) is 0 Å². The molecule has 6 heteroatoms. The van der Waals surface area contributed by atoms with Crippen LogP contribution in [-0.4, -0.2) is 27.7 Å². The van der Waals surface area contributed by atoms with E-state index < -0.39 is 12.1 Å². The third kappa shape index (κ3) is 2.59. The zero-order valence-electron chi connectivity index (χ0n) is 14.1. The Morgan fingerprint density at radius 3 is 2.85 bits per heavy atom. The van der Waals surface area contributed by atoms with E-state index >= 15 is 0 Å². The molecule has 0 bridgehead atoms. The summed E-state index contributed by atoms with van der Waals surface area (Å²) in [5, 5.41) is 21.2. The Labute approximate surface area is 149 Å². The molecule has 0 saturated heterocycles. The first-order chi connectivity index (χ1) is 12.5. The van der Waals surface area contributed by atoms with Gasteiger partial charge in [0, 0.05) is 10.8 Å². The quantitative estimate of drug-likeness (QED) is 0.446. The largest absolute Gasteiger partial charge is 0.464 e. The number of nitrogens with zero attached hydrogens (tertiary/aromatic N) is 3. The number of carbonyl (C=O) groups is 1. The molecule has 0 amide bonds. The van der Waals surface area contributed by atoms with Gasteiger partial charge in [-0.15, -0.1) is 6.42 Å². The first-order valence-corrected chi connectivity index (χ1v) is 7.74. The number of ether oxygens (including phenoxy) is 1. The molecule has 1 aromatic carbocycles. The normalized spacial score (nSPS) is 11.7. The van der Waals surface area contributed by atoms with Crippen molar-refractivity contribution in [2.45, 2.75) is 12.6 Å². The molecule has 0 aliphatic rings. The molecule has 1 unspecified atom stereocenters. The summed E-state index contributed by atoms with van der Waals surface area (Å²) in [7, 11) is 1.25. The predicted molar refractivity (Wildman–Crippen MR) is 97.1 cm³/mol. The number of aromatic nitrogens is 2. The number of methoxy groups -OCH3 is 1. The number of fused-ring (bicyclic) bond motifs is 3. The summed E-state index contributed by atoms with van der Waals surface area (Å²) >= 11 is 0. The van der Waals surface area contributed by atoms with E-state index in [1.165, 1.54) is 7.11 Å². The highest BCUT2D eigenvalue weighted by molar-refractivity contribution is 6.10. The van der Waals surface area contributed by atoms with Crippen molar-refractivity contribution in [3.63, 3.8) is 0 Å². The average molecular weight is 345 g/mol. The number of aliphatic hydroxyl groups is 1. The van der Waals surface area contributed by atoms with Crippen LogP contribution in [0.25, 0.3) is 21.8 Å². The van der Waals surface area contributed by atoms with Crippen LogP contribution in [0.3, 0.4) is 0 Å². The number of terminal acetylenes is 1. The summed E-state index contributed by atoms with van der Waals surface area (Å²) in [6.07, 6.45) is 4.15. The molecule has 0 aliphatic carbocycles. The second-order valence-corrected chi connectivity index (χ2v) is 5.63. The molecule has 0 aliphatic heterocycles. The molecule has 2 aromatic heterocycles. The lowest BCUT2D eigenvalue weighted by atomic mass is 10.0. The second-order valence-electron chi connectivity index (χ2n) is 5.63. The molecule has 0 radical (unpaired) electrons. The monoisotopic (exact) mass is 345 g/mol. The molecule has 1 N–H and O–H groups in total. The number of hydrogen-bond acceptors (Lipinski definition) is 5. The van der Waals surface area contributed by atoms with E-state index in [-0.39, 0.29) is 23.5 Å². The maximum atomic E-state index is 12.0. The summed E-state index contributed by atoms with van der Waals surface area (Å²) in [4.78, 5) is 16.3. The van der Waals surface area contributed by atoms with Crippen LogP contribution in [-0.2, 0) is 11.3 Å². The SMILES string of the molecule is C#CCn1c2ccccc2c2cc(C(=O)OC)nc(C(O)C(=C)C#N)c21. The number of para-hydroxylation sites is 1. The Bertz CT molecular complexity index is 1130. The summed E-state index contributed by atoms with van der Waals surface area (Å²) in [5.74, 6) is 1.94. The number of pyridine rings is 1. The van der Waals surface area contributed by atoms with Crippen molar-refractivity contribution < 1.29 is 14.6 Å². The molecule has 0 fully saturated rings. The van der Waals surface area contributed by atoms with E-state index in [1.807, 2.05) is 34.9 Å². The maximum absolute atomic E-state index is 12.0. The van der Waals surface area contributed by atoms with Gasteiger partial charge in [-0.2, -0.15) is 5.26 Å². The molecule has 0 spiro atoms. The van der Waals surface area contributed by atoms with Crippen molar-refractivity contribution >= 4 is 27.8 Å². The van der Waals surface area contributed by atoms with E-state index in [9.17, 15) is 9.90 Å². The minimum absolute atomic E-state index is 0.0309. The molecule has 3 aromatic rings. The fourth-order valence-corrected chi connectivity index (χ4v) is 2.99. The summed E-state index contributed by atoms with van der Waals surface area (Å²) in [5.41, 5.74) is 1.48. The Balaban J connectivity index is 2.50. The topological polar surface area (TPSA) is 88.1 Å². The average Bonchev–Trinajstić information content (AvgIpc) is 3.00. The fourth-order valence-electron chi connectivity index (χ4n) is 2.99. The van der Waals surface area contributed by atoms with Gasteiger partial charge in [0.05, 0.1) is 42.0 Å². The zero-order valence-corrected chi connectivity index (χ0v) is 14.1. The van der Waals surface area contributed by atoms with Crippen LogP contribution in [0.5, 0.6) is 0 Å². The number of rotatable bonds is 4. The molecule has 26 heavy (non-hydrogen) atoms. The molecular weight excluding hydrogens is 330 g/mol. The molecular formula is C20H15N3O3. The van der Waals surface area contributed by atoms with E-state index in [0.717, 1.165) is 10.9 Å². The van der Waals surface area contributed by atoms with Crippen LogP contribution in [0.2, 0.25) is 0 Å². The van der Waals surface area contributed by atoms with Crippen LogP contribution in [0.15, 0.2) is 42.5 Å². The highest BCUT2D eigenvalue weighted by atomic mass is 16.5. The van der Waals surface area contributed by atoms with E-state index in [0.29, 0.717) is 10.9 Å².